The van der Waals surface area contributed by atoms with E-state index >= 15 is 0 Å². The number of nitriles is 1. The normalized spacial score (nSPS) is 11.2. The summed E-state index contributed by atoms with van der Waals surface area (Å²) < 4.78 is 38.9. The van der Waals surface area contributed by atoms with E-state index in [2.05, 4.69) is 0 Å². The van der Waals surface area contributed by atoms with Crippen LogP contribution < -0.4 is 5.73 Å². The van der Waals surface area contributed by atoms with E-state index in [1.165, 1.54) is 10.6 Å². The van der Waals surface area contributed by atoms with Crippen molar-refractivity contribution in [1.29, 1.82) is 5.26 Å². The summed E-state index contributed by atoms with van der Waals surface area (Å²) >= 11 is 0. The SMILES string of the molecule is N#Cc1cccn1-c1ccc(C(F)(F)F)cc1N. The molecule has 3 nitrogen and oxygen atoms in total. The summed E-state index contributed by atoms with van der Waals surface area (Å²) in [7, 11) is 0. The van der Waals surface area contributed by atoms with E-state index in [9.17, 15) is 13.2 Å². The van der Waals surface area contributed by atoms with Gasteiger partial charge >= 0.3 is 6.18 Å². The Hall–Kier alpha value is -2.42. The zero-order chi connectivity index (χ0) is 13.3. The Morgan fingerprint density at radius 1 is 1.22 bits per heavy atom. The summed E-state index contributed by atoms with van der Waals surface area (Å²) in [5.74, 6) is 0. The number of aromatic nitrogens is 1. The molecule has 0 fully saturated rings. The van der Waals surface area contributed by atoms with Crippen molar-refractivity contribution in [3.8, 4) is 11.8 Å². The fraction of sp³-hybridized carbons (Fsp3) is 0.0833. The summed E-state index contributed by atoms with van der Waals surface area (Å²) in [4.78, 5) is 0. The molecule has 0 aliphatic rings. The number of benzene rings is 1. The molecule has 18 heavy (non-hydrogen) atoms. The minimum absolute atomic E-state index is 0.0301. The van der Waals surface area contributed by atoms with Gasteiger partial charge in [-0.3, -0.25) is 0 Å². The Kier molecular flexibility index (Phi) is 2.75. The van der Waals surface area contributed by atoms with Crippen LogP contribution in [0.4, 0.5) is 18.9 Å². The number of anilines is 1. The zero-order valence-electron chi connectivity index (χ0n) is 9.07. The molecule has 2 aromatic rings. The van der Waals surface area contributed by atoms with E-state index in [4.69, 9.17) is 11.0 Å². The number of halogens is 3. The van der Waals surface area contributed by atoms with Gasteiger partial charge in [0.25, 0.3) is 0 Å². The molecule has 0 radical (unpaired) electrons. The van der Waals surface area contributed by atoms with Gasteiger partial charge in [0.05, 0.1) is 16.9 Å². The van der Waals surface area contributed by atoms with Crippen LogP contribution in [0.3, 0.4) is 0 Å². The Labute approximate surface area is 101 Å². The first-order valence-electron chi connectivity index (χ1n) is 4.98. The number of rotatable bonds is 1. The lowest BCUT2D eigenvalue weighted by molar-refractivity contribution is -0.137. The second-order valence-electron chi connectivity index (χ2n) is 3.65. The van der Waals surface area contributed by atoms with Crippen LogP contribution in [0.1, 0.15) is 11.3 Å². The zero-order valence-corrected chi connectivity index (χ0v) is 9.07. The number of alkyl halides is 3. The lowest BCUT2D eigenvalue weighted by Crippen LogP contribution is -2.08. The Morgan fingerprint density at radius 2 is 1.94 bits per heavy atom. The molecule has 0 aliphatic carbocycles. The maximum absolute atomic E-state index is 12.5. The van der Waals surface area contributed by atoms with Gasteiger partial charge in [-0.25, -0.2) is 0 Å². The van der Waals surface area contributed by atoms with Gasteiger partial charge in [0, 0.05) is 6.20 Å². The first-order chi connectivity index (χ1) is 8.43. The van der Waals surface area contributed by atoms with Gasteiger partial charge in [-0.1, -0.05) is 0 Å². The van der Waals surface area contributed by atoms with E-state index in [-0.39, 0.29) is 5.69 Å². The maximum atomic E-state index is 12.5. The average Bonchev–Trinajstić information content (AvgIpc) is 2.75. The standard InChI is InChI=1S/C12H8F3N3/c13-12(14,15)8-3-4-11(10(17)6-8)18-5-1-2-9(18)7-16/h1-6H,17H2. The molecule has 2 N–H and O–H groups in total. The van der Waals surface area contributed by atoms with Crippen molar-refractivity contribution in [3.63, 3.8) is 0 Å². The van der Waals surface area contributed by atoms with Crippen LogP contribution >= 0.6 is 0 Å². The van der Waals surface area contributed by atoms with E-state index in [0.29, 0.717) is 11.4 Å². The summed E-state index contributed by atoms with van der Waals surface area (Å²) in [6, 6.07) is 8.15. The quantitative estimate of drug-likeness (QED) is 0.792. The molecule has 6 heteroatoms. The van der Waals surface area contributed by atoms with Crippen LogP contribution in [0, 0.1) is 11.3 Å². The largest absolute Gasteiger partial charge is 0.416 e. The van der Waals surface area contributed by atoms with Crippen LogP contribution in [0.25, 0.3) is 5.69 Å². The number of nitrogen functional groups attached to an aromatic ring is 1. The van der Waals surface area contributed by atoms with Crippen molar-refractivity contribution in [2.75, 3.05) is 5.73 Å². The molecular formula is C12H8F3N3. The third-order valence-corrected chi connectivity index (χ3v) is 2.48. The molecule has 0 spiro atoms. The predicted molar refractivity (Wildman–Crippen MR) is 59.9 cm³/mol. The van der Waals surface area contributed by atoms with Gasteiger partial charge in [0.2, 0.25) is 0 Å². The average molecular weight is 251 g/mol. The minimum Gasteiger partial charge on any atom is -0.397 e. The van der Waals surface area contributed by atoms with E-state index in [1.54, 1.807) is 18.3 Å². The molecule has 0 atom stereocenters. The predicted octanol–water partition coefficient (Wildman–Crippen LogP) is 2.95. The third kappa shape index (κ3) is 2.02. The smallest absolute Gasteiger partial charge is 0.397 e. The third-order valence-electron chi connectivity index (χ3n) is 2.48. The van der Waals surface area contributed by atoms with Crippen molar-refractivity contribution >= 4 is 5.69 Å². The fourth-order valence-electron chi connectivity index (χ4n) is 1.63. The molecular weight excluding hydrogens is 243 g/mol. The van der Waals surface area contributed by atoms with Gasteiger partial charge in [0.1, 0.15) is 11.8 Å². The summed E-state index contributed by atoms with van der Waals surface area (Å²) in [6.07, 6.45) is -2.86. The van der Waals surface area contributed by atoms with Gasteiger partial charge in [-0.15, -0.1) is 0 Å². The summed E-state index contributed by atoms with van der Waals surface area (Å²) in [5, 5.41) is 8.85. The van der Waals surface area contributed by atoms with Gasteiger partial charge in [-0.05, 0) is 30.3 Å². The molecule has 0 bridgehead atoms. The molecule has 1 aromatic heterocycles. The molecule has 2 rings (SSSR count). The fourth-order valence-corrected chi connectivity index (χ4v) is 1.63. The molecule has 0 unspecified atom stereocenters. The number of hydrogen-bond acceptors (Lipinski definition) is 2. The summed E-state index contributed by atoms with van der Waals surface area (Å²) in [6.45, 7) is 0. The number of hydrogen-bond donors (Lipinski definition) is 1. The topological polar surface area (TPSA) is 54.7 Å². The van der Waals surface area contributed by atoms with E-state index in [1.807, 2.05) is 6.07 Å². The second kappa shape index (κ2) is 4.11. The lowest BCUT2D eigenvalue weighted by Gasteiger charge is -2.12. The van der Waals surface area contributed by atoms with Gasteiger partial charge in [-0.2, -0.15) is 18.4 Å². The number of nitrogens with two attached hydrogens (primary N) is 1. The summed E-state index contributed by atoms with van der Waals surface area (Å²) in [5.41, 5.74) is 5.42. The Morgan fingerprint density at radius 3 is 2.50 bits per heavy atom. The van der Waals surface area contributed by atoms with Gasteiger partial charge in [0.15, 0.2) is 0 Å². The Bertz CT molecular complexity index is 620. The molecule has 0 aliphatic heterocycles. The highest BCUT2D eigenvalue weighted by Crippen LogP contribution is 2.32. The molecule has 92 valence electrons. The first kappa shape index (κ1) is 12.0. The Balaban J connectivity index is 2.53. The van der Waals surface area contributed by atoms with Crippen molar-refractivity contribution in [1.82, 2.24) is 4.57 Å². The molecule has 0 saturated heterocycles. The lowest BCUT2D eigenvalue weighted by atomic mass is 10.1. The second-order valence-corrected chi connectivity index (χ2v) is 3.65. The molecule has 1 heterocycles. The van der Waals surface area contributed by atoms with Crippen LogP contribution in [0.2, 0.25) is 0 Å². The molecule has 0 amide bonds. The maximum Gasteiger partial charge on any atom is 0.416 e. The van der Waals surface area contributed by atoms with Crippen LogP contribution in [0.5, 0.6) is 0 Å². The van der Waals surface area contributed by atoms with Crippen LogP contribution in [-0.2, 0) is 6.18 Å². The highest BCUT2D eigenvalue weighted by atomic mass is 19.4. The highest BCUT2D eigenvalue weighted by Gasteiger charge is 2.30. The van der Waals surface area contributed by atoms with Crippen LogP contribution in [0.15, 0.2) is 36.5 Å². The van der Waals surface area contributed by atoms with Crippen molar-refractivity contribution in [2.45, 2.75) is 6.18 Å². The molecule has 1 aromatic carbocycles. The molecule has 0 saturated carbocycles. The van der Waals surface area contributed by atoms with Crippen molar-refractivity contribution in [2.24, 2.45) is 0 Å². The van der Waals surface area contributed by atoms with Crippen LogP contribution in [-0.4, -0.2) is 4.57 Å². The van der Waals surface area contributed by atoms with Crippen molar-refractivity contribution < 1.29 is 13.2 Å². The van der Waals surface area contributed by atoms with E-state index < -0.39 is 11.7 Å². The minimum atomic E-state index is -4.43. The highest BCUT2D eigenvalue weighted by molar-refractivity contribution is 5.61. The van der Waals surface area contributed by atoms with Gasteiger partial charge < -0.3 is 10.3 Å². The first-order valence-corrected chi connectivity index (χ1v) is 4.98. The van der Waals surface area contributed by atoms with E-state index in [0.717, 1.165) is 12.1 Å². The van der Waals surface area contributed by atoms with Crippen molar-refractivity contribution in [3.05, 3.63) is 47.8 Å². The monoisotopic (exact) mass is 251 g/mol. The number of nitrogens with zero attached hydrogens (tertiary/aromatic N) is 2.